The average molecular weight is 383 g/mol. The van der Waals surface area contributed by atoms with Gasteiger partial charge in [0.2, 0.25) is 11.8 Å². The second-order valence-corrected chi connectivity index (χ2v) is 7.35. The number of hydrogen-bond acceptors (Lipinski definition) is 3. The molecular formula is C23H30N2O3. The Hall–Kier alpha value is -2.82. The lowest BCUT2D eigenvalue weighted by molar-refractivity contribution is -0.140. The number of hydrogen-bond donors (Lipinski definition) is 1. The Morgan fingerprint density at radius 1 is 1.00 bits per heavy atom. The molecule has 0 aliphatic carbocycles. The van der Waals surface area contributed by atoms with Gasteiger partial charge in [-0.05, 0) is 36.1 Å². The highest BCUT2D eigenvalue weighted by Gasteiger charge is 2.26. The zero-order valence-electron chi connectivity index (χ0n) is 17.1. The molecule has 2 amide bonds. The number of amides is 2. The van der Waals surface area contributed by atoms with Crippen LogP contribution in [0.2, 0.25) is 0 Å². The van der Waals surface area contributed by atoms with Crippen molar-refractivity contribution in [3.8, 4) is 5.75 Å². The van der Waals surface area contributed by atoms with E-state index in [0.717, 1.165) is 16.9 Å². The van der Waals surface area contributed by atoms with Crippen molar-refractivity contribution < 1.29 is 14.3 Å². The summed E-state index contributed by atoms with van der Waals surface area (Å²) in [6, 6.07) is 16.6. The van der Waals surface area contributed by atoms with Gasteiger partial charge in [0, 0.05) is 13.1 Å². The van der Waals surface area contributed by atoms with Crippen LogP contribution in [0.4, 0.5) is 0 Å². The molecule has 28 heavy (non-hydrogen) atoms. The topological polar surface area (TPSA) is 58.6 Å². The van der Waals surface area contributed by atoms with E-state index >= 15 is 0 Å². The van der Waals surface area contributed by atoms with Crippen molar-refractivity contribution in [1.82, 2.24) is 10.2 Å². The molecule has 2 rings (SSSR count). The smallest absolute Gasteiger partial charge is 0.242 e. The minimum absolute atomic E-state index is 0.0822. The zero-order valence-corrected chi connectivity index (χ0v) is 17.1. The first-order valence-corrected chi connectivity index (χ1v) is 9.64. The van der Waals surface area contributed by atoms with Crippen molar-refractivity contribution in [2.24, 2.45) is 5.92 Å². The molecule has 150 valence electrons. The summed E-state index contributed by atoms with van der Waals surface area (Å²) in [6.07, 6.45) is 0.257. The normalized spacial score (nSPS) is 11.8. The summed E-state index contributed by atoms with van der Waals surface area (Å²) in [7, 11) is 1.61. The second kappa shape index (κ2) is 10.5. The monoisotopic (exact) mass is 382 g/mol. The molecule has 0 saturated carbocycles. The number of ether oxygens (including phenoxy) is 1. The molecular weight excluding hydrogens is 352 g/mol. The van der Waals surface area contributed by atoms with E-state index in [0.29, 0.717) is 19.0 Å². The van der Waals surface area contributed by atoms with E-state index in [2.05, 4.69) is 5.32 Å². The van der Waals surface area contributed by atoms with Crippen LogP contribution >= 0.6 is 0 Å². The summed E-state index contributed by atoms with van der Waals surface area (Å²) in [5, 5.41) is 2.93. The standard InChI is InChI=1S/C23H30N2O3/c1-17(2)15-24-23(27)18(3)25(16-20-11-8-12-21(13-20)28-4)22(26)14-19-9-6-5-7-10-19/h5-13,17-18H,14-16H2,1-4H3,(H,24,27)/t18-/m1/s1. The Balaban J connectivity index is 2.20. The van der Waals surface area contributed by atoms with Gasteiger partial charge in [-0.3, -0.25) is 9.59 Å². The number of carbonyl (C=O) groups excluding carboxylic acids is 2. The lowest BCUT2D eigenvalue weighted by Gasteiger charge is -2.29. The van der Waals surface area contributed by atoms with Gasteiger partial charge in [-0.2, -0.15) is 0 Å². The van der Waals surface area contributed by atoms with Gasteiger partial charge >= 0.3 is 0 Å². The van der Waals surface area contributed by atoms with Gasteiger partial charge in [-0.25, -0.2) is 0 Å². The third kappa shape index (κ3) is 6.41. The van der Waals surface area contributed by atoms with Gasteiger partial charge in [0.15, 0.2) is 0 Å². The van der Waals surface area contributed by atoms with Gasteiger partial charge < -0.3 is 15.0 Å². The molecule has 1 atom stereocenters. The van der Waals surface area contributed by atoms with Gasteiger partial charge in [-0.1, -0.05) is 56.3 Å². The fourth-order valence-electron chi connectivity index (χ4n) is 2.87. The van der Waals surface area contributed by atoms with E-state index in [-0.39, 0.29) is 18.2 Å². The quantitative estimate of drug-likeness (QED) is 0.723. The van der Waals surface area contributed by atoms with Crippen LogP contribution in [0.1, 0.15) is 31.9 Å². The molecule has 0 bridgehead atoms. The maximum atomic E-state index is 13.1. The summed E-state index contributed by atoms with van der Waals surface area (Å²) < 4.78 is 5.28. The molecule has 0 aromatic heterocycles. The maximum absolute atomic E-state index is 13.1. The van der Waals surface area contributed by atoms with Crippen LogP contribution in [0.5, 0.6) is 5.75 Å². The SMILES string of the molecule is COc1cccc(CN(C(=O)Cc2ccccc2)[C@H](C)C(=O)NCC(C)C)c1. The zero-order chi connectivity index (χ0) is 20.5. The van der Waals surface area contributed by atoms with Gasteiger partial charge in [0.25, 0.3) is 0 Å². The number of nitrogens with one attached hydrogen (secondary N) is 1. The first-order chi connectivity index (χ1) is 13.4. The number of nitrogens with zero attached hydrogens (tertiary/aromatic N) is 1. The van der Waals surface area contributed by atoms with Crippen molar-refractivity contribution in [3.63, 3.8) is 0 Å². The first kappa shape index (κ1) is 21.5. The first-order valence-electron chi connectivity index (χ1n) is 9.64. The van der Waals surface area contributed by atoms with Crippen molar-refractivity contribution >= 4 is 11.8 Å². The molecule has 0 fully saturated rings. The Labute approximate surface area is 167 Å². The van der Waals surface area contributed by atoms with E-state index < -0.39 is 6.04 Å². The second-order valence-electron chi connectivity index (χ2n) is 7.35. The highest BCUT2D eigenvalue weighted by Crippen LogP contribution is 2.17. The number of benzene rings is 2. The summed E-state index contributed by atoms with van der Waals surface area (Å²) in [6.45, 7) is 6.79. The highest BCUT2D eigenvalue weighted by molar-refractivity contribution is 5.88. The van der Waals surface area contributed by atoms with Crippen molar-refractivity contribution in [2.45, 2.75) is 39.8 Å². The van der Waals surface area contributed by atoms with E-state index in [1.165, 1.54) is 0 Å². The molecule has 2 aromatic carbocycles. The molecule has 5 heteroatoms. The number of methoxy groups -OCH3 is 1. The predicted molar refractivity (Wildman–Crippen MR) is 111 cm³/mol. The molecule has 0 radical (unpaired) electrons. The Bertz CT molecular complexity index is 774. The van der Waals surface area contributed by atoms with Crippen molar-refractivity contribution in [2.75, 3.05) is 13.7 Å². The summed E-state index contributed by atoms with van der Waals surface area (Å²) >= 11 is 0. The minimum atomic E-state index is -0.568. The lowest BCUT2D eigenvalue weighted by atomic mass is 10.1. The van der Waals surface area contributed by atoms with Crippen LogP contribution in [-0.2, 0) is 22.6 Å². The van der Waals surface area contributed by atoms with Crippen molar-refractivity contribution in [1.29, 1.82) is 0 Å². The molecule has 0 aliphatic heterocycles. The molecule has 2 aromatic rings. The van der Waals surface area contributed by atoms with Crippen LogP contribution < -0.4 is 10.1 Å². The fourth-order valence-corrected chi connectivity index (χ4v) is 2.87. The summed E-state index contributed by atoms with van der Waals surface area (Å²) in [5.41, 5.74) is 1.85. The van der Waals surface area contributed by atoms with Crippen LogP contribution in [0.25, 0.3) is 0 Å². The molecule has 0 saturated heterocycles. The molecule has 0 spiro atoms. The van der Waals surface area contributed by atoms with Crippen molar-refractivity contribution in [3.05, 3.63) is 65.7 Å². The van der Waals surface area contributed by atoms with Crippen LogP contribution in [-0.4, -0.2) is 36.4 Å². The van der Waals surface area contributed by atoms with E-state index in [4.69, 9.17) is 4.74 Å². The molecule has 0 unspecified atom stereocenters. The van der Waals surface area contributed by atoms with Crippen LogP contribution in [0.3, 0.4) is 0 Å². The van der Waals surface area contributed by atoms with Gasteiger partial charge in [0.1, 0.15) is 11.8 Å². The Morgan fingerprint density at radius 2 is 1.68 bits per heavy atom. The lowest BCUT2D eigenvalue weighted by Crippen LogP contribution is -2.48. The third-order valence-electron chi connectivity index (χ3n) is 4.54. The van der Waals surface area contributed by atoms with Gasteiger partial charge in [0.05, 0.1) is 13.5 Å². The van der Waals surface area contributed by atoms with E-state index in [9.17, 15) is 9.59 Å². The molecule has 0 aliphatic rings. The third-order valence-corrected chi connectivity index (χ3v) is 4.54. The molecule has 0 heterocycles. The van der Waals surface area contributed by atoms with Crippen LogP contribution in [0.15, 0.2) is 54.6 Å². The predicted octanol–water partition coefficient (Wildman–Crippen LogP) is 3.43. The minimum Gasteiger partial charge on any atom is -0.497 e. The largest absolute Gasteiger partial charge is 0.497 e. The van der Waals surface area contributed by atoms with Crippen LogP contribution in [0, 0.1) is 5.92 Å². The number of rotatable bonds is 9. The van der Waals surface area contributed by atoms with Gasteiger partial charge in [-0.15, -0.1) is 0 Å². The molecule has 1 N–H and O–H groups in total. The summed E-state index contributed by atoms with van der Waals surface area (Å²) in [5.74, 6) is 0.854. The maximum Gasteiger partial charge on any atom is 0.242 e. The Morgan fingerprint density at radius 3 is 2.32 bits per heavy atom. The summed E-state index contributed by atoms with van der Waals surface area (Å²) in [4.78, 5) is 27.3. The average Bonchev–Trinajstić information content (AvgIpc) is 2.70. The fraction of sp³-hybridized carbons (Fsp3) is 0.391. The highest BCUT2D eigenvalue weighted by atomic mass is 16.5. The molecule has 5 nitrogen and oxygen atoms in total. The Kier molecular flexibility index (Phi) is 8.05. The number of carbonyl (C=O) groups is 2. The van der Waals surface area contributed by atoms with E-state index in [1.807, 2.05) is 68.4 Å². The van der Waals surface area contributed by atoms with E-state index in [1.54, 1.807) is 18.9 Å².